The van der Waals surface area contributed by atoms with Gasteiger partial charge in [0.1, 0.15) is 12.0 Å². The van der Waals surface area contributed by atoms with Gasteiger partial charge in [0.2, 0.25) is 0 Å². The molecule has 3 nitrogen and oxygen atoms in total. The summed E-state index contributed by atoms with van der Waals surface area (Å²) in [6.45, 7) is 0. The Morgan fingerprint density at radius 2 is 1.94 bits per heavy atom. The monoisotopic (exact) mass is 301 g/mol. The fraction of sp³-hybridized carbons (Fsp3) is 0. The summed E-state index contributed by atoms with van der Waals surface area (Å²) in [5.74, 6) is -2.35. The quantitative estimate of drug-likeness (QED) is 0.921. The molecule has 1 aromatic carbocycles. The average Bonchev–Trinajstić information content (AvgIpc) is 2.76. The molecular weight excluding hydrogens is 296 g/mol. The van der Waals surface area contributed by atoms with Crippen molar-refractivity contribution in [2.75, 3.05) is 5.32 Å². The van der Waals surface area contributed by atoms with Crippen molar-refractivity contribution in [3.63, 3.8) is 0 Å². The lowest BCUT2D eigenvalue weighted by molar-refractivity contribution is 0.102. The zero-order valence-electron chi connectivity index (χ0n) is 8.34. The maximum Gasteiger partial charge on any atom is 0.259 e. The molecule has 0 atom stereocenters. The molecule has 0 bridgehead atoms. The van der Waals surface area contributed by atoms with Gasteiger partial charge in [0.15, 0.2) is 11.6 Å². The Bertz CT molecular complexity index is 532. The fourth-order valence-electron chi connectivity index (χ4n) is 1.24. The molecule has 88 valence electrons. The van der Waals surface area contributed by atoms with E-state index in [0.717, 1.165) is 12.1 Å². The maximum absolute atomic E-state index is 13.4. The Balaban J connectivity index is 2.28. The highest BCUT2D eigenvalue weighted by atomic mass is 79.9. The second-order valence-electron chi connectivity index (χ2n) is 3.21. The third-order valence-corrected chi connectivity index (χ3v) is 2.49. The van der Waals surface area contributed by atoms with Gasteiger partial charge in [-0.25, -0.2) is 8.78 Å². The summed E-state index contributed by atoms with van der Waals surface area (Å²) in [5, 5.41) is 2.14. The van der Waals surface area contributed by atoms with Gasteiger partial charge in [-0.05, 0) is 18.2 Å². The van der Waals surface area contributed by atoms with Gasteiger partial charge >= 0.3 is 0 Å². The molecule has 2 rings (SSSR count). The van der Waals surface area contributed by atoms with E-state index in [9.17, 15) is 13.6 Å². The number of amides is 1. The van der Waals surface area contributed by atoms with E-state index in [0.29, 0.717) is 0 Å². The standard InChI is InChI=1S/C11H6BrF2NO2/c12-7-3-8(13)10(9(14)4-7)15-11(16)6-1-2-17-5-6/h1-5H,(H,15,16). The van der Waals surface area contributed by atoms with Gasteiger partial charge in [0, 0.05) is 4.47 Å². The molecule has 1 N–H and O–H groups in total. The highest BCUT2D eigenvalue weighted by Crippen LogP contribution is 2.24. The first kappa shape index (κ1) is 11.8. The highest BCUT2D eigenvalue weighted by Gasteiger charge is 2.15. The van der Waals surface area contributed by atoms with E-state index in [1.165, 1.54) is 18.6 Å². The van der Waals surface area contributed by atoms with Crippen molar-refractivity contribution >= 4 is 27.5 Å². The number of hydrogen-bond donors (Lipinski definition) is 1. The van der Waals surface area contributed by atoms with Gasteiger partial charge in [-0.15, -0.1) is 0 Å². The van der Waals surface area contributed by atoms with E-state index in [1.807, 2.05) is 0 Å². The van der Waals surface area contributed by atoms with Crippen LogP contribution in [0.3, 0.4) is 0 Å². The minimum absolute atomic E-state index is 0.187. The normalized spacial score (nSPS) is 10.3. The molecule has 0 unspecified atom stereocenters. The lowest BCUT2D eigenvalue weighted by atomic mass is 10.2. The van der Waals surface area contributed by atoms with E-state index >= 15 is 0 Å². The molecule has 1 aromatic heterocycles. The SMILES string of the molecule is O=C(Nc1c(F)cc(Br)cc1F)c1ccoc1. The number of halogens is 3. The van der Waals surface area contributed by atoms with Crippen LogP contribution in [0, 0.1) is 11.6 Å². The number of carbonyl (C=O) groups is 1. The minimum atomic E-state index is -0.853. The first-order valence-corrected chi connectivity index (χ1v) is 5.35. The van der Waals surface area contributed by atoms with Gasteiger partial charge in [-0.1, -0.05) is 15.9 Å². The van der Waals surface area contributed by atoms with E-state index < -0.39 is 23.2 Å². The molecule has 17 heavy (non-hydrogen) atoms. The largest absolute Gasteiger partial charge is 0.472 e. The molecule has 2 aromatic rings. The first-order chi connectivity index (χ1) is 8.08. The van der Waals surface area contributed by atoms with Crippen LogP contribution >= 0.6 is 15.9 Å². The lowest BCUT2D eigenvalue weighted by Crippen LogP contribution is -2.13. The summed E-state index contributed by atoms with van der Waals surface area (Å²) in [6.07, 6.45) is 2.48. The van der Waals surface area contributed by atoms with Crippen molar-refractivity contribution in [2.45, 2.75) is 0 Å². The van der Waals surface area contributed by atoms with E-state index in [1.54, 1.807) is 0 Å². The molecule has 0 fully saturated rings. The molecule has 6 heteroatoms. The number of carbonyl (C=O) groups excluding carboxylic acids is 1. The molecule has 1 heterocycles. The fourth-order valence-corrected chi connectivity index (χ4v) is 1.64. The molecule has 0 radical (unpaired) electrons. The summed E-state index contributed by atoms with van der Waals surface area (Å²) in [7, 11) is 0. The number of nitrogens with one attached hydrogen (secondary N) is 1. The van der Waals surface area contributed by atoms with Crippen LogP contribution in [0.4, 0.5) is 14.5 Å². The number of hydrogen-bond acceptors (Lipinski definition) is 2. The molecule has 0 aliphatic heterocycles. The number of furan rings is 1. The molecule has 0 saturated carbocycles. The Morgan fingerprint density at radius 3 is 2.47 bits per heavy atom. The van der Waals surface area contributed by atoms with E-state index in [-0.39, 0.29) is 10.0 Å². The molecule has 0 aliphatic carbocycles. The lowest BCUT2D eigenvalue weighted by Gasteiger charge is -2.06. The number of anilines is 1. The second kappa shape index (κ2) is 4.67. The van der Waals surface area contributed by atoms with Crippen LogP contribution in [-0.4, -0.2) is 5.91 Å². The van der Waals surface area contributed by atoms with Gasteiger partial charge < -0.3 is 9.73 Å². The van der Waals surface area contributed by atoms with Gasteiger partial charge in [0.25, 0.3) is 5.91 Å². The van der Waals surface area contributed by atoms with Crippen molar-refractivity contribution in [3.05, 3.63) is 52.4 Å². The minimum Gasteiger partial charge on any atom is -0.472 e. The zero-order chi connectivity index (χ0) is 12.4. The van der Waals surface area contributed by atoms with E-state index in [4.69, 9.17) is 4.42 Å². The number of rotatable bonds is 2. The number of benzene rings is 1. The van der Waals surface area contributed by atoms with Crippen LogP contribution in [-0.2, 0) is 0 Å². The Labute approximate surface area is 104 Å². The topological polar surface area (TPSA) is 42.2 Å². The van der Waals surface area contributed by atoms with Crippen LogP contribution in [0.5, 0.6) is 0 Å². The third kappa shape index (κ3) is 2.52. The summed E-state index contributed by atoms with van der Waals surface area (Å²) >= 11 is 2.94. The summed E-state index contributed by atoms with van der Waals surface area (Å²) in [5.41, 5.74) is -0.300. The summed E-state index contributed by atoms with van der Waals surface area (Å²) < 4.78 is 31.8. The van der Waals surface area contributed by atoms with Crippen molar-refractivity contribution in [2.24, 2.45) is 0 Å². The van der Waals surface area contributed by atoms with Crippen LogP contribution < -0.4 is 5.32 Å². The molecular formula is C11H6BrF2NO2. The van der Waals surface area contributed by atoms with Crippen LogP contribution in [0.15, 0.2) is 39.6 Å². The van der Waals surface area contributed by atoms with Gasteiger partial charge in [0.05, 0.1) is 11.8 Å². The van der Waals surface area contributed by atoms with E-state index in [2.05, 4.69) is 21.2 Å². The summed E-state index contributed by atoms with van der Waals surface area (Å²) in [4.78, 5) is 11.5. The molecule has 0 spiro atoms. The van der Waals surface area contributed by atoms with Gasteiger partial charge in [-0.3, -0.25) is 4.79 Å². The van der Waals surface area contributed by atoms with Crippen molar-refractivity contribution in [1.29, 1.82) is 0 Å². The zero-order valence-corrected chi connectivity index (χ0v) is 9.92. The van der Waals surface area contributed by atoms with Crippen molar-refractivity contribution in [3.8, 4) is 0 Å². The predicted molar refractivity (Wildman–Crippen MR) is 60.7 cm³/mol. The highest BCUT2D eigenvalue weighted by molar-refractivity contribution is 9.10. The van der Waals surface area contributed by atoms with Crippen LogP contribution in [0.25, 0.3) is 0 Å². The van der Waals surface area contributed by atoms with Gasteiger partial charge in [-0.2, -0.15) is 0 Å². The van der Waals surface area contributed by atoms with Crippen molar-refractivity contribution < 1.29 is 18.0 Å². The first-order valence-electron chi connectivity index (χ1n) is 4.56. The Hall–Kier alpha value is -1.69. The Kier molecular flexibility index (Phi) is 3.23. The molecule has 0 aliphatic rings. The molecule has 0 saturated heterocycles. The summed E-state index contributed by atoms with van der Waals surface area (Å²) in [6, 6.07) is 3.52. The predicted octanol–water partition coefficient (Wildman–Crippen LogP) is 3.57. The maximum atomic E-state index is 13.4. The molecule has 1 amide bonds. The smallest absolute Gasteiger partial charge is 0.259 e. The third-order valence-electron chi connectivity index (χ3n) is 2.03. The van der Waals surface area contributed by atoms with Crippen molar-refractivity contribution in [1.82, 2.24) is 0 Å². The Morgan fingerprint density at radius 1 is 1.29 bits per heavy atom. The van der Waals surface area contributed by atoms with Crippen LogP contribution in [0.1, 0.15) is 10.4 Å². The van der Waals surface area contributed by atoms with Crippen LogP contribution in [0.2, 0.25) is 0 Å². The average molecular weight is 302 g/mol. The second-order valence-corrected chi connectivity index (χ2v) is 4.13.